The van der Waals surface area contributed by atoms with Crippen LogP contribution in [0.1, 0.15) is 15.9 Å². The molecule has 1 N–H and O–H groups in total. The van der Waals surface area contributed by atoms with E-state index < -0.39 is 17.6 Å². The second-order valence-corrected chi connectivity index (χ2v) is 7.89. The predicted octanol–water partition coefficient (Wildman–Crippen LogP) is 7.23. The Kier molecular flexibility index (Phi) is 5.74. The summed E-state index contributed by atoms with van der Waals surface area (Å²) < 4.78 is 39.0. The van der Waals surface area contributed by atoms with Gasteiger partial charge in [0.25, 0.3) is 5.91 Å². The smallest absolute Gasteiger partial charge is 0.322 e. The zero-order valence-electron chi connectivity index (χ0n) is 18.3. The summed E-state index contributed by atoms with van der Waals surface area (Å²) in [7, 11) is 0. The summed E-state index contributed by atoms with van der Waals surface area (Å²) in [4.78, 5) is 22.5. The molecule has 0 saturated carbocycles. The van der Waals surface area contributed by atoms with E-state index in [4.69, 9.17) is 9.97 Å². The van der Waals surface area contributed by atoms with Crippen LogP contribution in [-0.2, 0) is 6.18 Å². The molecule has 0 spiro atoms. The van der Waals surface area contributed by atoms with Crippen molar-refractivity contribution in [1.29, 1.82) is 0 Å². The van der Waals surface area contributed by atoms with Gasteiger partial charge in [0, 0.05) is 22.4 Å². The van der Waals surface area contributed by atoms with Gasteiger partial charge in [0.2, 0.25) is 0 Å². The lowest BCUT2D eigenvalue weighted by atomic mass is 10.0. The van der Waals surface area contributed by atoms with Gasteiger partial charge in [0.15, 0.2) is 0 Å². The second-order valence-electron chi connectivity index (χ2n) is 7.89. The molecule has 0 fully saturated rings. The summed E-state index contributed by atoms with van der Waals surface area (Å²) in [6, 6.07) is 28.7. The Hall–Kier alpha value is -4.52. The largest absolute Gasteiger partial charge is 0.416 e. The van der Waals surface area contributed by atoms with Gasteiger partial charge in [-0.25, -0.2) is 9.97 Å². The maximum Gasteiger partial charge on any atom is 0.416 e. The molecule has 35 heavy (non-hydrogen) atoms. The Bertz CT molecular complexity index is 1520. The van der Waals surface area contributed by atoms with Crippen LogP contribution in [0.4, 0.5) is 18.9 Å². The molecule has 5 rings (SSSR count). The number of hydrogen-bond donors (Lipinski definition) is 1. The lowest BCUT2D eigenvalue weighted by molar-refractivity contribution is -0.137. The van der Waals surface area contributed by atoms with Crippen molar-refractivity contribution in [3.05, 3.63) is 114 Å². The van der Waals surface area contributed by atoms with Gasteiger partial charge in [-0.2, -0.15) is 13.2 Å². The average Bonchev–Trinajstić information content (AvgIpc) is 2.88. The molecule has 0 aliphatic rings. The lowest BCUT2D eigenvalue weighted by Gasteiger charge is -2.12. The third kappa shape index (κ3) is 4.75. The number of carbonyl (C=O) groups is 1. The molecule has 4 nitrogen and oxygen atoms in total. The lowest BCUT2D eigenvalue weighted by Crippen LogP contribution is -2.13. The first-order chi connectivity index (χ1) is 16.9. The van der Waals surface area contributed by atoms with Crippen LogP contribution >= 0.6 is 0 Å². The minimum Gasteiger partial charge on any atom is -0.322 e. The van der Waals surface area contributed by atoms with Crippen LogP contribution in [0.3, 0.4) is 0 Å². The maximum absolute atomic E-state index is 13.0. The predicted molar refractivity (Wildman–Crippen MR) is 130 cm³/mol. The van der Waals surface area contributed by atoms with Gasteiger partial charge in [-0.05, 0) is 36.4 Å². The molecule has 0 radical (unpaired) electrons. The van der Waals surface area contributed by atoms with Gasteiger partial charge in [-0.15, -0.1) is 0 Å². The van der Waals surface area contributed by atoms with Crippen LogP contribution in [0.5, 0.6) is 0 Å². The molecule has 0 aliphatic heterocycles. The standard InChI is InChI=1S/C28H18F3N3O/c29-28(30,31)21-12-7-13-22(17-21)32-27(35)20-14-15-23-24(16-20)34-26(19-10-5-2-6-11-19)25(33-23)18-8-3-1-4-9-18/h1-17H,(H,32,35). The number of carbonyl (C=O) groups excluding carboxylic acids is 1. The topological polar surface area (TPSA) is 54.9 Å². The minimum atomic E-state index is -4.50. The molecule has 0 unspecified atom stereocenters. The van der Waals surface area contributed by atoms with Crippen LogP contribution in [0.15, 0.2) is 103 Å². The first-order valence-corrected chi connectivity index (χ1v) is 10.8. The van der Waals surface area contributed by atoms with E-state index in [0.717, 1.165) is 23.3 Å². The van der Waals surface area contributed by atoms with E-state index in [1.165, 1.54) is 12.1 Å². The van der Waals surface area contributed by atoms with Crippen molar-refractivity contribution >= 4 is 22.6 Å². The van der Waals surface area contributed by atoms with Gasteiger partial charge in [0.05, 0.1) is 28.0 Å². The number of anilines is 1. The number of fused-ring (bicyclic) bond motifs is 1. The first kappa shape index (κ1) is 22.3. The molecule has 7 heteroatoms. The number of amides is 1. The van der Waals surface area contributed by atoms with E-state index in [1.54, 1.807) is 18.2 Å². The normalized spacial score (nSPS) is 11.4. The summed E-state index contributed by atoms with van der Waals surface area (Å²) in [6.45, 7) is 0. The maximum atomic E-state index is 13.0. The summed E-state index contributed by atoms with van der Waals surface area (Å²) in [6.07, 6.45) is -4.50. The molecule has 1 amide bonds. The van der Waals surface area contributed by atoms with E-state index >= 15 is 0 Å². The van der Waals surface area contributed by atoms with Crippen LogP contribution in [0.25, 0.3) is 33.5 Å². The van der Waals surface area contributed by atoms with Gasteiger partial charge in [0.1, 0.15) is 0 Å². The van der Waals surface area contributed by atoms with E-state index in [2.05, 4.69) is 5.32 Å². The molecule has 5 aromatic rings. The monoisotopic (exact) mass is 469 g/mol. The number of hydrogen-bond acceptors (Lipinski definition) is 3. The van der Waals surface area contributed by atoms with E-state index in [9.17, 15) is 18.0 Å². The Labute approximate surface area is 199 Å². The number of benzene rings is 4. The van der Waals surface area contributed by atoms with Crippen LogP contribution in [-0.4, -0.2) is 15.9 Å². The van der Waals surface area contributed by atoms with E-state index in [1.807, 2.05) is 60.7 Å². The molecule has 1 aromatic heterocycles. The fourth-order valence-electron chi connectivity index (χ4n) is 3.77. The Morgan fingerprint density at radius 2 is 1.26 bits per heavy atom. The van der Waals surface area contributed by atoms with Crippen molar-refractivity contribution in [2.45, 2.75) is 6.18 Å². The van der Waals surface area contributed by atoms with Crippen molar-refractivity contribution in [2.75, 3.05) is 5.32 Å². The number of halogens is 3. The Balaban J connectivity index is 1.54. The quantitative estimate of drug-likeness (QED) is 0.302. The fourth-order valence-corrected chi connectivity index (χ4v) is 3.77. The Morgan fingerprint density at radius 3 is 1.86 bits per heavy atom. The highest BCUT2D eigenvalue weighted by Crippen LogP contribution is 2.32. The summed E-state index contributed by atoms with van der Waals surface area (Å²) in [5.41, 5.74) is 3.74. The van der Waals surface area contributed by atoms with Crippen molar-refractivity contribution in [2.24, 2.45) is 0 Å². The average molecular weight is 469 g/mol. The third-order valence-corrected chi connectivity index (χ3v) is 5.47. The van der Waals surface area contributed by atoms with Crippen molar-refractivity contribution in [1.82, 2.24) is 9.97 Å². The molecular weight excluding hydrogens is 451 g/mol. The number of aromatic nitrogens is 2. The molecule has 172 valence electrons. The highest BCUT2D eigenvalue weighted by Gasteiger charge is 2.30. The number of alkyl halides is 3. The van der Waals surface area contributed by atoms with E-state index in [0.29, 0.717) is 22.4 Å². The van der Waals surface area contributed by atoms with Crippen molar-refractivity contribution in [3.8, 4) is 22.5 Å². The summed E-state index contributed by atoms with van der Waals surface area (Å²) >= 11 is 0. The van der Waals surface area contributed by atoms with E-state index in [-0.39, 0.29) is 11.3 Å². The van der Waals surface area contributed by atoms with Crippen LogP contribution < -0.4 is 5.32 Å². The second kappa shape index (κ2) is 9.02. The summed E-state index contributed by atoms with van der Waals surface area (Å²) in [5, 5.41) is 2.53. The van der Waals surface area contributed by atoms with Gasteiger partial charge < -0.3 is 5.32 Å². The zero-order chi connectivity index (χ0) is 24.4. The fraction of sp³-hybridized carbons (Fsp3) is 0.0357. The summed E-state index contributed by atoms with van der Waals surface area (Å²) in [5.74, 6) is -0.540. The number of rotatable bonds is 4. The van der Waals surface area contributed by atoms with Gasteiger partial charge in [-0.1, -0.05) is 66.7 Å². The minimum absolute atomic E-state index is 0.0559. The molecule has 4 aromatic carbocycles. The molecule has 0 saturated heterocycles. The molecule has 0 aliphatic carbocycles. The molecule has 1 heterocycles. The Morgan fingerprint density at radius 1 is 0.657 bits per heavy atom. The molecule has 0 atom stereocenters. The highest BCUT2D eigenvalue weighted by atomic mass is 19.4. The number of nitrogens with one attached hydrogen (secondary N) is 1. The zero-order valence-corrected chi connectivity index (χ0v) is 18.3. The molecule has 0 bridgehead atoms. The van der Waals surface area contributed by atoms with Crippen LogP contribution in [0, 0.1) is 0 Å². The molecular formula is C28H18F3N3O. The first-order valence-electron chi connectivity index (χ1n) is 10.8. The van der Waals surface area contributed by atoms with Crippen molar-refractivity contribution < 1.29 is 18.0 Å². The SMILES string of the molecule is O=C(Nc1cccc(C(F)(F)F)c1)c1ccc2nc(-c3ccccc3)c(-c3ccccc3)nc2c1. The van der Waals surface area contributed by atoms with Crippen LogP contribution in [0.2, 0.25) is 0 Å². The highest BCUT2D eigenvalue weighted by molar-refractivity contribution is 6.06. The van der Waals surface area contributed by atoms with Gasteiger partial charge in [-0.3, -0.25) is 4.79 Å². The number of nitrogens with zero attached hydrogens (tertiary/aromatic N) is 2. The van der Waals surface area contributed by atoms with Crippen molar-refractivity contribution in [3.63, 3.8) is 0 Å². The van der Waals surface area contributed by atoms with Gasteiger partial charge >= 0.3 is 6.18 Å². The third-order valence-electron chi connectivity index (χ3n) is 5.47.